The molecule has 4 rings (SSSR count). The Hall–Kier alpha value is -2.90. The Labute approximate surface area is 198 Å². The molecular formula is C24H27ClN4O2S. The number of carbonyl (C=O) groups excluding carboxylic acids is 1. The summed E-state index contributed by atoms with van der Waals surface area (Å²) in [5.41, 5.74) is 3.33. The normalized spacial score (nSPS) is 10.7. The first-order chi connectivity index (χ1) is 15.1. The van der Waals surface area contributed by atoms with Crippen molar-refractivity contribution in [3.8, 4) is 5.75 Å². The molecule has 2 aromatic carbocycles. The van der Waals surface area contributed by atoms with E-state index in [1.165, 1.54) is 5.56 Å². The number of thiazole rings is 1. The van der Waals surface area contributed by atoms with Gasteiger partial charge in [0.05, 0.1) is 16.5 Å². The SMILES string of the molecule is CCc1cccc2sc(N(CCCn3ccnc3)C(=O)COc3ccc(C)cc3)nc12.Cl. The molecule has 0 aliphatic carbocycles. The fraction of sp³-hybridized carbons (Fsp3) is 0.292. The van der Waals surface area contributed by atoms with E-state index >= 15 is 0 Å². The Bertz CT molecular complexity index is 1140. The predicted octanol–water partition coefficient (Wildman–Crippen LogP) is 5.29. The van der Waals surface area contributed by atoms with Crippen LogP contribution in [-0.2, 0) is 17.8 Å². The smallest absolute Gasteiger partial charge is 0.266 e. The van der Waals surface area contributed by atoms with Crippen LogP contribution in [0.25, 0.3) is 10.2 Å². The number of amides is 1. The van der Waals surface area contributed by atoms with Crippen LogP contribution in [0.5, 0.6) is 5.75 Å². The van der Waals surface area contributed by atoms with E-state index in [0.29, 0.717) is 12.3 Å². The molecule has 0 saturated heterocycles. The van der Waals surface area contributed by atoms with Crippen LogP contribution >= 0.6 is 23.7 Å². The van der Waals surface area contributed by atoms with E-state index in [4.69, 9.17) is 9.72 Å². The van der Waals surface area contributed by atoms with Crippen molar-refractivity contribution < 1.29 is 9.53 Å². The molecule has 6 nitrogen and oxygen atoms in total. The third-order valence-electron chi connectivity index (χ3n) is 5.14. The van der Waals surface area contributed by atoms with Crippen LogP contribution in [0.3, 0.4) is 0 Å². The minimum absolute atomic E-state index is 0. The summed E-state index contributed by atoms with van der Waals surface area (Å²) in [6.45, 7) is 5.47. The Morgan fingerprint density at radius 2 is 2.00 bits per heavy atom. The van der Waals surface area contributed by atoms with Crippen molar-refractivity contribution in [2.24, 2.45) is 0 Å². The largest absolute Gasteiger partial charge is 0.484 e. The molecular weight excluding hydrogens is 444 g/mol. The topological polar surface area (TPSA) is 60.2 Å². The second-order valence-corrected chi connectivity index (χ2v) is 8.42. The second-order valence-electron chi connectivity index (χ2n) is 7.42. The van der Waals surface area contributed by atoms with Crippen LogP contribution in [-0.4, -0.2) is 33.6 Å². The standard InChI is InChI=1S/C24H26N4O2S.ClH/c1-3-19-6-4-7-21-23(19)26-24(31-21)28(14-5-13-27-15-12-25-17-27)22(29)16-30-20-10-8-18(2)9-11-20;/h4,6-12,15,17H,3,5,13-14,16H2,1-2H3;1H. The summed E-state index contributed by atoms with van der Waals surface area (Å²) in [5.74, 6) is 0.596. The molecule has 4 aromatic rings. The first-order valence-electron chi connectivity index (χ1n) is 10.5. The molecule has 0 saturated carbocycles. The van der Waals surface area contributed by atoms with Gasteiger partial charge in [0.25, 0.3) is 5.91 Å². The minimum atomic E-state index is -0.0942. The third-order valence-corrected chi connectivity index (χ3v) is 6.19. The molecule has 1 amide bonds. The Morgan fingerprint density at radius 1 is 1.19 bits per heavy atom. The number of carbonyl (C=O) groups is 1. The zero-order valence-electron chi connectivity index (χ0n) is 18.2. The van der Waals surface area contributed by atoms with E-state index in [1.807, 2.05) is 42.0 Å². The fourth-order valence-electron chi connectivity index (χ4n) is 3.41. The molecule has 0 unspecified atom stereocenters. The highest BCUT2D eigenvalue weighted by Crippen LogP contribution is 2.31. The molecule has 0 bridgehead atoms. The molecule has 0 atom stereocenters. The van der Waals surface area contributed by atoms with E-state index < -0.39 is 0 Å². The number of anilines is 1. The van der Waals surface area contributed by atoms with Crippen molar-refractivity contribution >= 4 is 45.0 Å². The van der Waals surface area contributed by atoms with Crippen LogP contribution in [0.1, 0.15) is 24.5 Å². The minimum Gasteiger partial charge on any atom is -0.484 e. The zero-order valence-corrected chi connectivity index (χ0v) is 19.9. The maximum Gasteiger partial charge on any atom is 0.266 e. The van der Waals surface area contributed by atoms with Gasteiger partial charge in [-0.05, 0) is 43.5 Å². The first-order valence-corrected chi connectivity index (χ1v) is 11.3. The summed E-state index contributed by atoms with van der Waals surface area (Å²) >= 11 is 1.55. The van der Waals surface area contributed by atoms with E-state index in [2.05, 4.69) is 30.1 Å². The van der Waals surface area contributed by atoms with E-state index in [0.717, 1.165) is 40.3 Å². The summed E-state index contributed by atoms with van der Waals surface area (Å²) in [6, 6.07) is 13.9. The van der Waals surface area contributed by atoms with Crippen molar-refractivity contribution in [3.63, 3.8) is 0 Å². The van der Waals surface area contributed by atoms with Gasteiger partial charge in [-0.1, -0.05) is 48.1 Å². The van der Waals surface area contributed by atoms with Crippen LogP contribution in [0, 0.1) is 6.92 Å². The highest BCUT2D eigenvalue weighted by atomic mass is 35.5. The molecule has 8 heteroatoms. The Morgan fingerprint density at radius 3 is 2.72 bits per heavy atom. The van der Waals surface area contributed by atoms with Crippen molar-refractivity contribution in [1.82, 2.24) is 14.5 Å². The summed E-state index contributed by atoms with van der Waals surface area (Å²) in [4.78, 5) is 23.8. The monoisotopic (exact) mass is 470 g/mol. The molecule has 32 heavy (non-hydrogen) atoms. The number of aromatic nitrogens is 3. The van der Waals surface area contributed by atoms with E-state index in [-0.39, 0.29) is 24.9 Å². The van der Waals surface area contributed by atoms with Gasteiger partial charge >= 0.3 is 0 Å². The van der Waals surface area contributed by atoms with Crippen molar-refractivity contribution in [2.45, 2.75) is 33.2 Å². The molecule has 2 aromatic heterocycles. The second kappa shape index (κ2) is 11.1. The van der Waals surface area contributed by atoms with Gasteiger partial charge in [-0.2, -0.15) is 0 Å². The van der Waals surface area contributed by atoms with E-state index in [9.17, 15) is 4.79 Å². The molecule has 168 valence electrons. The van der Waals surface area contributed by atoms with Crippen LogP contribution in [0.4, 0.5) is 5.13 Å². The van der Waals surface area contributed by atoms with Gasteiger partial charge in [0.2, 0.25) is 0 Å². The molecule has 0 fully saturated rings. The quantitative estimate of drug-likeness (QED) is 0.333. The lowest BCUT2D eigenvalue weighted by Gasteiger charge is -2.20. The van der Waals surface area contributed by atoms with Gasteiger partial charge in [-0.25, -0.2) is 9.97 Å². The van der Waals surface area contributed by atoms with Gasteiger partial charge in [0.1, 0.15) is 5.75 Å². The molecule has 2 heterocycles. The lowest BCUT2D eigenvalue weighted by atomic mass is 10.1. The average molecular weight is 471 g/mol. The summed E-state index contributed by atoms with van der Waals surface area (Å²) in [6.07, 6.45) is 7.18. The maximum atomic E-state index is 13.2. The molecule has 0 radical (unpaired) electrons. The number of imidazole rings is 1. The Balaban J connectivity index is 0.00000289. The lowest BCUT2D eigenvalue weighted by Crippen LogP contribution is -2.36. The number of fused-ring (bicyclic) bond motifs is 1. The molecule has 0 N–H and O–H groups in total. The van der Waals surface area contributed by atoms with Crippen molar-refractivity contribution in [3.05, 3.63) is 72.3 Å². The van der Waals surface area contributed by atoms with Gasteiger partial charge < -0.3 is 9.30 Å². The summed E-state index contributed by atoms with van der Waals surface area (Å²) in [5, 5.41) is 0.721. The van der Waals surface area contributed by atoms with E-state index in [1.54, 1.807) is 28.8 Å². The number of para-hydroxylation sites is 1. The highest BCUT2D eigenvalue weighted by Gasteiger charge is 2.21. The number of halogens is 1. The van der Waals surface area contributed by atoms with Gasteiger partial charge in [0, 0.05) is 25.5 Å². The number of aryl methyl sites for hydroxylation is 3. The number of hydrogen-bond acceptors (Lipinski definition) is 5. The lowest BCUT2D eigenvalue weighted by molar-refractivity contribution is -0.120. The van der Waals surface area contributed by atoms with Gasteiger partial charge in [0.15, 0.2) is 11.7 Å². The fourth-order valence-corrected chi connectivity index (χ4v) is 4.47. The molecule has 0 aliphatic heterocycles. The van der Waals surface area contributed by atoms with Crippen LogP contribution < -0.4 is 9.64 Å². The zero-order chi connectivity index (χ0) is 21.6. The number of ether oxygens (including phenoxy) is 1. The number of hydrogen-bond donors (Lipinski definition) is 0. The van der Waals surface area contributed by atoms with Crippen LogP contribution in [0.15, 0.2) is 61.2 Å². The number of nitrogens with zero attached hydrogens (tertiary/aromatic N) is 4. The predicted molar refractivity (Wildman–Crippen MR) is 132 cm³/mol. The third kappa shape index (κ3) is 5.66. The van der Waals surface area contributed by atoms with Crippen molar-refractivity contribution in [1.29, 1.82) is 0 Å². The molecule has 0 aliphatic rings. The molecule has 0 spiro atoms. The number of rotatable bonds is 9. The average Bonchev–Trinajstić information content (AvgIpc) is 3.45. The van der Waals surface area contributed by atoms with Crippen LogP contribution in [0.2, 0.25) is 0 Å². The van der Waals surface area contributed by atoms with Gasteiger partial charge in [-0.3, -0.25) is 9.69 Å². The highest BCUT2D eigenvalue weighted by molar-refractivity contribution is 7.22. The van der Waals surface area contributed by atoms with Crippen molar-refractivity contribution in [2.75, 3.05) is 18.1 Å². The first kappa shape index (κ1) is 23.8. The maximum absolute atomic E-state index is 13.2. The van der Waals surface area contributed by atoms with Gasteiger partial charge in [-0.15, -0.1) is 12.4 Å². The Kier molecular flexibility index (Phi) is 8.25. The number of benzene rings is 2. The summed E-state index contributed by atoms with van der Waals surface area (Å²) < 4.78 is 8.88. The summed E-state index contributed by atoms with van der Waals surface area (Å²) in [7, 11) is 0.